The van der Waals surface area contributed by atoms with Gasteiger partial charge in [-0.15, -0.1) is 0 Å². The van der Waals surface area contributed by atoms with Crippen molar-refractivity contribution in [3.05, 3.63) is 89.1 Å². The number of ether oxygens (including phenoxy) is 1. The second kappa shape index (κ2) is 12.1. The van der Waals surface area contributed by atoms with Crippen LogP contribution in [0.3, 0.4) is 0 Å². The summed E-state index contributed by atoms with van der Waals surface area (Å²) in [5, 5.41) is 8.99. The summed E-state index contributed by atoms with van der Waals surface area (Å²) in [5.41, 5.74) is 7.40. The van der Waals surface area contributed by atoms with Gasteiger partial charge >= 0.3 is 6.18 Å². The quantitative estimate of drug-likeness (QED) is 0.441. The number of anilines is 1. The number of nitrogens with zero attached hydrogens (tertiary/aromatic N) is 5. The summed E-state index contributed by atoms with van der Waals surface area (Å²) in [6.07, 6.45) is -3.19. The molecule has 0 spiro atoms. The topological polar surface area (TPSA) is 114 Å². The van der Waals surface area contributed by atoms with Crippen LogP contribution < -0.4 is 20.5 Å². The molecule has 3 aromatic rings. The van der Waals surface area contributed by atoms with E-state index in [1.165, 1.54) is 6.20 Å². The highest BCUT2D eigenvalue weighted by molar-refractivity contribution is 5.94. The summed E-state index contributed by atoms with van der Waals surface area (Å²) in [4.78, 5) is 35.5. The van der Waals surface area contributed by atoms with E-state index in [-0.39, 0.29) is 25.6 Å². The van der Waals surface area contributed by atoms with Gasteiger partial charge in [0.15, 0.2) is 5.92 Å². The molecule has 2 unspecified atom stereocenters. The number of carbonyl (C=O) groups is 2. The molecule has 2 fully saturated rings. The van der Waals surface area contributed by atoms with E-state index < -0.39 is 30.1 Å². The molecule has 228 valence electrons. The van der Waals surface area contributed by atoms with E-state index in [0.29, 0.717) is 43.1 Å². The zero-order valence-electron chi connectivity index (χ0n) is 23.6. The molecule has 3 atom stereocenters. The first-order valence-corrected chi connectivity index (χ1v) is 14.3. The smallest absolute Gasteiger partial charge is 0.402 e. The van der Waals surface area contributed by atoms with Gasteiger partial charge < -0.3 is 14.5 Å². The second-order valence-electron chi connectivity index (χ2n) is 11.0. The number of nitriles is 1. The Labute approximate surface area is 252 Å². The van der Waals surface area contributed by atoms with E-state index in [1.807, 2.05) is 24.3 Å². The fraction of sp³-hybridized carbons (Fsp3) is 0.355. The van der Waals surface area contributed by atoms with Crippen LogP contribution in [0.25, 0.3) is 0 Å². The van der Waals surface area contributed by atoms with Gasteiger partial charge in [0.25, 0.3) is 5.91 Å². The van der Waals surface area contributed by atoms with Gasteiger partial charge in [0.2, 0.25) is 5.91 Å². The highest BCUT2D eigenvalue weighted by Gasteiger charge is 2.55. The summed E-state index contributed by atoms with van der Waals surface area (Å²) in [6.45, 7) is 2.37. The molecule has 2 saturated heterocycles. The summed E-state index contributed by atoms with van der Waals surface area (Å²) < 4.78 is 48.2. The summed E-state index contributed by atoms with van der Waals surface area (Å²) in [5.74, 6) is -2.27. The molecule has 6 rings (SSSR count). The van der Waals surface area contributed by atoms with Gasteiger partial charge in [-0.1, -0.05) is 30.3 Å². The SMILES string of the molecule is N#Cc1ccc(N2CCN(C(=O)c3cccc(OC[C@@H]4c5ccccc5CN4C4CNNC(=O)C4C(F)(F)F)c3)CC2)nc1. The fourth-order valence-corrected chi connectivity index (χ4v) is 6.17. The highest BCUT2D eigenvalue weighted by Crippen LogP contribution is 2.41. The van der Waals surface area contributed by atoms with Crippen molar-refractivity contribution < 1.29 is 27.5 Å². The lowest BCUT2D eigenvalue weighted by molar-refractivity contribution is -0.202. The Balaban J connectivity index is 1.13. The van der Waals surface area contributed by atoms with Crippen molar-refractivity contribution in [2.75, 3.05) is 44.2 Å². The highest BCUT2D eigenvalue weighted by atomic mass is 19.4. The largest absolute Gasteiger partial charge is 0.492 e. The minimum atomic E-state index is -4.71. The maximum Gasteiger partial charge on any atom is 0.402 e. The average molecular weight is 606 g/mol. The number of nitrogens with one attached hydrogen (secondary N) is 2. The number of hydrazine groups is 1. The molecule has 13 heteroatoms. The minimum absolute atomic E-state index is 0.0353. The number of benzene rings is 2. The second-order valence-corrected chi connectivity index (χ2v) is 11.0. The molecule has 0 saturated carbocycles. The molecule has 10 nitrogen and oxygen atoms in total. The predicted molar refractivity (Wildman–Crippen MR) is 153 cm³/mol. The van der Waals surface area contributed by atoms with Crippen molar-refractivity contribution >= 4 is 17.6 Å². The third kappa shape index (κ3) is 5.91. The Kier molecular flexibility index (Phi) is 8.11. The number of amides is 2. The molecule has 44 heavy (non-hydrogen) atoms. The first kappa shape index (κ1) is 29.4. The number of hydrogen-bond acceptors (Lipinski definition) is 8. The zero-order chi connectivity index (χ0) is 30.8. The van der Waals surface area contributed by atoms with Crippen LogP contribution in [0.1, 0.15) is 33.1 Å². The molecule has 1 aromatic heterocycles. The normalized spacial score (nSPS) is 22.2. The minimum Gasteiger partial charge on any atom is -0.492 e. The Morgan fingerprint density at radius 3 is 2.59 bits per heavy atom. The molecule has 2 aromatic carbocycles. The molecular formula is C31H30F3N7O3. The molecule has 2 amide bonds. The fourth-order valence-electron chi connectivity index (χ4n) is 6.17. The Morgan fingerprint density at radius 2 is 1.86 bits per heavy atom. The van der Waals surface area contributed by atoms with Crippen LogP contribution in [0.2, 0.25) is 0 Å². The molecule has 4 heterocycles. The molecule has 0 radical (unpaired) electrons. The maximum atomic E-state index is 14.0. The number of aromatic nitrogens is 1. The van der Waals surface area contributed by atoms with E-state index >= 15 is 0 Å². The van der Waals surface area contributed by atoms with Gasteiger partial charge in [-0.05, 0) is 41.5 Å². The van der Waals surface area contributed by atoms with Crippen LogP contribution in [-0.4, -0.2) is 78.1 Å². The van der Waals surface area contributed by atoms with Crippen LogP contribution >= 0.6 is 0 Å². The third-order valence-corrected chi connectivity index (χ3v) is 8.39. The van der Waals surface area contributed by atoms with Crippen LogP contribution in [0.15, 0.2) is 66.9 Å². The molecular weight excluding hydrogens is 575 g/mol. The van der Waals surface area contributed by atoms with Gasteiger partial charge in [-0.25, -0.2) is 10.4 Å². The monoisotopic (exact) mass is 605 g/mol. The lowest BCUT2D eigenvalue weighted by Gasteiger charge is -2.40. The standard InChI is InChI=1S/C31H30F3N7O3/c32-31(33,34)28-25(17-37-38-29(28)42)41-18-22-4-1-2-7-24(22)26(41)19-44-23-6-3-5-21(14-23)30(43)40-12-10-39(11-13-40)27-9-8-20(15-35)16-36-27/h1-9,14,16,25-26,28,37H,10-13,17-19H2,(H,38,42)/t25?,26-,28?/m1/s1. The number of pyridine rings is 1. The van der Waals surface area contributed by atoms with Crippen molar-refractivity contribution in [3.63, 3.8) is 0 Å². The number of carbonyl (C=O) groups excluding carboxylic acids is 2. The Morgan fingerprint density at radius 1 is 1.07 bits per heavy atom. The van der Waals surface area contributed by atoms with Crippen LogP contribution in [0.5, 0.6) is 5.75 Å². The number of alkyl halides is 3. The van der Waals surface area contributed by atoms with Crippen LogP contribution in [-0.2, 0) is 11.3 Å². The number of piperazine rings is 1. The first-order valence-electron chi connectivity index (χ1n) is 14.3. The summed E-state index contributed by atoms with van der Waals surface area (Å²) >= 11 is 0. The van der Waals surface area contributed by atoms with E-state index in [4.69, 9.17) is 10.00 Å². The maximum absolute atomic E-state index is 14.0. The molecule has 2 N–H and O–H groups in total. The van der Waals surface area contributed by atoms with Crippen molar-refractivity contribution in [1.29, 1.82) is 5.26 Å². The van der Waals surface area contributed by atoms with Crippen molar-refractivity contribution in [2.45, 2.75) is 24.8 Å². The van der Waals surface area contributed by atoms with E-state index in [0.717, 1.165) is 16.9 Å². The Bertz CT molecular complexity index is 1570. The van der Waals surface area contributed by atoms with Crippen LogP contribution in [0.4, 0.5) is 19.0 Å². The number of halogens is 3. The Hall–Kier alpha value is -4.67. The zero-order valence-corrected chi connectivity index (χ0v) is 23.6. The lowest BCUT2D eigenvalue weighted by atomic mass is 9.94. The van der Waals surface area contributed by atoms with Crippen molar-refractivity contribution in [2.24, 2.45) is 5.92 Å². The average Bonchev–Trinajstić information content (AvgIpc) is 3.41. The van der Waals surface area contributed by atoms with Gasteiger partial charge in [0.05, 0.1) is 11.6 Å². The number of hydrogen-bond donors (Lipinski definition) is 2. The van der Waals surface area contributed by atoms with E-state index in [1.54, 1.807) is 46.2 Å². The van der Waals surface area contributed by atoms with E-state index in [2.05, 4.69) is 26.8 Å². The van der Waals surface area contributed by atoms with Gasteiger partial charge in [0, 0.05) is 57.1 Å². The molecule has 3 aliphatic rings. The lowest BCUT2D eigenvalue weighted by Crippen LogP contribution is -2.64. The van der Waals surface area contributed by atoms with Gasteiger partial charge in [0.1, 0.15) is 24.2 Å². The number of rotatable bonds is 6. The molecule has 0 aliphatic carbocycles. The third-order valence-electron chi connectivity index (χ3n) is 8.39. The molecule has 0 bridgehead atoms. The van der Waals surface area contributed by atoms with Crippen LogP contribution in [0, 0.1) is 17.2 Å². The molecule has 3 aliphatic heterocycles. The first-order chi connectivity index (χ1) is 21.2. The van der Waals surface area contributed by atoms with Gasteiger partial charge in [-0.3, -0.25) is 19.9 Å². The summed E-state index contributed by atoms with van der Waals surface area (Å²) in [7, 11) is 0. The van der Waals surface area contributed by atoms with Gasteiger partial charge in [-0.2, -0.15) is 18.4 Å². The van der Waals surface area contributed by atoms with Crippen molar-refractivity contribution in [1.82, 2.24) is 25.6 Å². The number of fused-ring (bicyclic) bond motifs is 1. The summed E-state index contributed by atoms with van der Waals surface area (Å²) in [6, 6.07) is 18.1. The predicted octanol–water partition coefficient (Wildman–Crippen LogP) is 3.03. The van der Waals surface area contributed by atoms with Crippen molar-refractivity contribution in [3.8, 4) is 11.8 Å². The van der Waals surface area contributed by atoms with E-state index in [9.17, 15) is 22.8 Å².